The summed E-state index contributed by atoms with van der Waals surface area (Å²) in [5.74, 6) is -0.663. The summed E-state index contributed by atoms with van der Waals surface area (Å²) in [6.45, 7) is 0.663. The quantitative estimate of drug-likeness (QED) is 0.209. The molecule has 38 heavy (non-hydrogen) atoms. The zero-order valence-corrected chi connectivity index (χ0v) is 22.1. The van der Waals surface area contributed by atoms with Crippen LogP contribution >= 0.6 is 23.2 Å². The summed E-state index contributed by atoms with van der Waals surface area (Å²) in [7, 11) is 0. The second kappa shape index (κ2) is 12.9. The number of halogens is 4. The van der Waals surface area contributed by atoms with E-state index in [1.54, 1.807) is 24.4 Å². The molecule has 9 nitrogen and oxygen atoms in total. The van der Waals surface area contributed by atoms with Gasteiger partial charge in [0.15, 0.2) is 6.19 Å². The summed E-state index contributed by atoms with van der Waals surface area (Å²) in [5, 5.41) is 18.5. The number of benzene rings is 2. The Bertz CT molecular complexity index is 1290. The lowest BCUT2D eigenvalue weighted by Crippen LogP contribution is -2.54. The van der Waals surface area contributed by atoms with Gasteiger partial charge in [0.2, 0.25) is 11.9 Å². The molecule has 0 radical (unpaired) electrons. The largest absolute Gasteiger partial charge is 0.435 e. The number of ether oxygens (including phenoxy) is 1. The number of aliphatic imine (C=N–C) groups is 1. The normalized spacial score (nSPS) is 16.7. The summed E-state index contributed by atoms with van der Waals surface area (Å²) >= 11 is 12.4. The Kier molecular flexibility index (Phi) is 9.33. The highest BCUT2D eigenvalue weighted by atomic mass is 35.5. The summed E-state index contributed by atoms with van der Waals surface area (Å²) in [5.41, 5.74) is 7.37. The molecule has 1 aliphatic heterocycles. The standard InChI is InChI=1S/C25H27Cl2F2N7O2/c1-4-35(23(37)21(31)14(2)3)20-12-36(34-22(20)15-8-9-18(26)19(27)10-15)25(32-13-30)33-16-6-5-7-17(11-16)38-24(28)29/h5-11,14,20-21,24H,4,12,31H2,1-3H3,(H,32,33)/t20?,21-/m0/s1/i1D. The van der Waals surface area contributed by atoms with Gasteiger partial charge in [0.1, 0.15) is 5.75 Å². The van der Waals surface area contributed by atoms with Crippen LogP contribution in [0.1, 0.15) is 27.7 Å². The highest BCUT2D eigenvalue weighted by molar-refractivity contribution is 6.42. The number of amides is 1. The number of alkyl halides is 2. The van der Waals surface area contributed by atoms with Crippen molar-refractivity contribution in [2.75, 3.05) is 13.1 Å². The van der Waals surface area contributed by atoms with Crippen molar-refractivity contribution in [2.45, 2.75) is 39.4 Å². The number of nitrogens with zero attached hydrogens (tertiary/aromatic N) is 5. The maximum absolute atomic E-state index is 13.4. The fourth-order valence-corrected chi connectivity index (χ4v) is 4.02. The SMILES string of the molecule is [2H]CCN(C(=O)[C@@H](N)C(C)C)C1CN(C(=Nc2cccc(OC(F)F)c2)NC#N)N=C1c1ccc(Cl)c(Cl)c1. The molecule has 0 aromatic heterocycles. The van der Waals surface area contributed by atoms with E-state index < -0.39 is 18.7 Å². The number of carbonyl (C=O) groups excluding carboxylic acids is 1. The van der Waals surface area contributed by atoms with Crippen molar-refractivity contribution in [3.63, 3.8) is 0 Å². The molecule has 0 saturated heterocycles. The molecule has 3 N–H and O–H groups in total. The van der Waals surface area contributed by atoms with Gasteiger partial charge in [-0.25, -0.2) is 10.0 Å². The number of nitrogens with one attached hydrogen (secondary N) is 1. The molecular formula is C25H27Cl2F2N7O2. The molecule has 0 bridgehead atoms. The second-order valence-electron chi connectivity index (χ2n) is 8.56. The van der Waals surface area contributed by atoms with Gasteiger partial charge in [0.05, 0.1) is 40.1 Å². The highest BCUT2D eigenvalue weighted by Gasteiger charge is 2.38. The van der Waals surface area contributed by atoms with E-state index >= 15 is 0 Å². The molecular weight excluding hydrogens is 539 g/mol. The molecule has 1 aliphatic rings. The minimum atomic E-state index is -3.02. The van der Waals surface area contributed by atoms with Crippen molar-refractivity contribution in [1.82, 2.24) is 15.2 Å². The van der Waals surface area contributed by atoms with E-state index in [-0.39, 0.29) is 54.2 Å². The molecule has 0 spiro atoms. The number of guanidine groups is 1. The molecule has 0 fully saturated rings. The molecule has 1 unspecified atom stereocenters. The van der Waals surface area contributed by atoms with Crippen LogP contribution in [-0.2, 0) is 4.79 Å². The zero-order chi connectivity index (χ0) is 28.7. The molecule has 1 heterocycles. The number of nitriles is 1. The van der Waals surface area contributed by atoms with Gasteiger partial charge in [-0.05, 0) is 37.1 Å². The van der Waals surface area contributed by atoms with Crippen LogP contribution in [0.15, 0.2) is 52.6 Å². The first-order valence-corrected chi connectivity index (χ1v) is 12.3. The number of hydrogen-bond donors (Lipinski definition) is 2. The van der Waals surface area contributed by atoms with E-state index in [2.05, 4.69) is 20.1 Å². The summed E-state index contributed by atoms with van der Waals surface area (Å²) in [6.07, 6.45) is 1.80. The third kappa shape index (κ3) is 6.89. The van der Waals surface area contributed by atoms with Crippen molar-refractivity contribution < 1.29 is 19.7 Å². The van der Waals surface area contributed by atoms with Crippen LogP contribution in [0, 0.1) is 17.4 Å². The van der Waals surface area contributed by atoms with Crippen LogP contribution in [-0.4, -0.2) is 59.3 Å². The van der Waals surface area contributed by atoms with E-state index in [0.717, 1.165) is 0 Å². The van der Waals surface area contributed by atoms with E-state index in [1.165, 1.54) is 34.2 Å². The highest BCUT2D eigenvalue weighted by Crippen LogP contribution is 2.28. The predicted octanol–water partition coefficient (Wildman–Crippen LogP) is 4.57. The van der Waals surface area contributed by atoms with Crippen molar-refractivity contribution in [2.24, 2.45) is 21.7 Å². The van der Waals surface area contributed by atoms with Crippen molar-refractivity contribution in [3.05, 3.63) is 58.1 Å². The van der Waals surface area contributed by atoms with E-state index in [0.29, 0.717) is 16.3 Å². The number of nitrogens with two attached hydrogens (primary N) is 1. The Morgan fingerprint density at radius 1 is 1.37 bits per heavy atom. The predicted molar refractivity (Wildman–Crippen MR) is 143 cm³/mol. The molecule has 0 aliphatic carbocycles. The Morgan fingerprint density at radius 3 is 2.76 bits per heavy atom. The lowest BCUT2D eigenvalue weighted by atomic mass is 9.99. The van der Waals surface area contributed by atoms with Crippen molar-refractivity contribution in [3.8, 4) is 11.9 Å². The van der Waals surface area contributed by atoms with Gasteiger partial charge in [-0.1, -0.05) is 49.2 Å². The van der Waals surface area contributed by atoms with Gasteiger partial charge < -0.3 is 15.4 Å². The Morgan fingerprint density at radius 2 is 2.13 bits per heavy atom. The third-order valence-corrected chi connectivity index (χ3v) is 6.44. The van der Waals surface area contributed by atoms with Gasteiger partial charge in [-0.2, -0.15) is 19.1 Å². The second-order valence-corrected chi connectivity index (χ2v) is 9.38. The third-order valence-electron chi connectivity index (χ3n) is 5.70. The average Bonchev–Trinajstić information content (AvgIpc) is 3.32. The maximum atomic E-state index is 13.4. The number of hydrazone groups is 1. The fraction of sp³-hybridized carbons (Fsp3) is 0.360. The van der Waals surface area contributed by atoms with E-state index in [9.17, 15) is 18.8 Å². The minimum Gasteiger partial charge on any atom is -0.435 e. The van der Waals surface area contributed by atoms with Crippen LogP contribution in [0.4, 0.5) is 14.5 Å². The molecule has 202 valence electrons. The first kappa shape index (κ1) is 27.6. The maximum Gasteiger partial charge on any atom is 0.387 e. The topological polar surface area (TPSA) is 119 Å². The Balaban J connectivity index is 2.08. The van der Waals surface area contributed by atoms with Gasteiger partial charge in [-0.3, -0.25) is 10.1 Å². The molecule has 2 atom stereocenters. The van der Waals surface area contributed by atoms with Gasteiger partial charge >= 0.3 is 6.61 Å². The molecule has 1 amide bonds. The molecule has 2 aromatic rings. The summed E-state index contributed by atoms with van der Waals surface area (Å²) < 4.78 is 37.6. The Labute approximate surface area is 230 Å². The number of carbonyl (C=O) groups is 1. The van der Waals surface area contributed by atoms with Crippen molar-refractivity contribution >= 4 is 46.5 Å². The average molecular weight is 567 g/mol. The smallest absolute Gasteiger partial charge is 0.387 e. The minimum absolute atomic E-state index is 0.0295. The molecule has 13 heteroatoms. The van der Waals surface area contributed by atoms with Crippen molar-refractivity contribution in [1.29, 1.82) is 5.26 Å². The fourth-order valence-electron chi connectivity index (χ4n) is 3.72. The van der Waals surface area contributed by atoms with E-state index in [4.69, 9.17) is 30.3 Å². The number of hydrogen-bond acceptors (Lipinski definition) is 6. The van der Waals surface area contributed by atoms with Gasteiger partial charge in [0, 0.05) is 19.5 Å². The Hall–Kier alpha value is -3.46. The van der Waals surface area contributed by atoms with Crippen LogP contribution in [0.25, 0.3) is 0 Å². The van der Waals surface area contributed by atoms with Gasteiger partial charge in [0.25, 0.3) is 0 Å². The summed E-state index contributed by atoms with van der Waals surface area (Å²) in [6, 6.07) is 9.00. The molecule has 0 saturated carbocycles. The summed E-state index contributed by atoms with van der Waals surface area (Å²) in [4.78, 5) is 19.3. The van der Waals surface area contributed by atoms with Crippen LogP contribution in [0.2, 0.25) is 10.0 Å². The molecule has 3 rings (SSSR count). The lowest BCUT2D eigenvalue weighted by molar-refractivity contribution is -0.134. The van der Waals surface area contributed by atoms with Gasteiger partial charge in [-0.15, -0.1) is 0 Å². The zero-order valence-electron chi connectivity index (χ0n) is 21.6. The first-order valence-electron chi connectivity index (χ1n) is 12.2. The molecule has 2 aromatic carbocycles. The van der Waals surface area contributed by atoms with Crippen LogP contribution < -0.4 is 15.8 Å². The lowest BCUT2D eigenvalue weighted by Gasteiger charge is -2.32. The van der Waals surface area contributed by atoms with Crippen LogP contribution in [0.5, 0.6) is 5.75 Å². The first-order chi connectivity index (χ1) is 18.5. The van der Waals surface area contributed by atoms with Crippen LogP contribution in [0.3, 0.4) is 0 Å². The monoisotopic (exact) mass is 566 g/mol. The van der Waals surface area contributed by atoms with E-state index in [1.807, 2.05) is 13.8 Å². The number of rotatable bonds is 8. The number of likely N-dealkylation sites (N-methyl/N-ethyl adjacent to an activating group) is 1.